The molecule has 2 rings (SSSR count). The van der Waals surface area contributed by atoms with Crippen LogP contribution in [-0.2, 0) is 6.54 Å². The van der Waals surface area contributed by atoms with Gasteiger partial charge in [-0.3, -0.25) is 0 Å². The smallest absolute Gasteiger partial charge is 0.131 e. The van der Waals surface area contributed by atoms with Crippen molar-refractivity contribution in [2.45, 2.75) is 13.5 Å². The molecule has 2 aromatic rings. The van der Waals surface area contributed by atoms with Gasteiger partial charge in [-0.2, -0.15) is 0 Å². The number of hydrogen-bond donors (Lipinski definition) is 1. The molecule has 1 N–H and O–H groups in total. The lowest BCUT2D eigenvalue weighted by Gasteiger charge is -2.12. The normalized spacial score (nSPS) is 10.6. The summed E-state index contributed by atoms with van der Waals surface area (Å²) in [5.74, 6) is 0.581. The topological polar surface area (TPSA) is 21.3 Å². The van der Waals surface area contributed by atoms with Gasteiger partial charge in [0.2, 0.25) is 0 Å². The van der Waals surface area contributed by atoms with Gasteiger partial charge in [0.25, 0.3) is 0 Å². The predicted octanol–water partition coefficient (Wildman–Crippen LogP) is 4.37. The number of halogens is 2. The van der Waals surface area contributed by atoms with E-state index in [0.29, 0.717) is 12.1 Å². The molecular weight excluding hydrogens is 321 g/mol. The molecular formula is C16H17BrFNO. The summed E-state index contributed by atoms with van der Waals surface area (Å²) >= 11 is 3.38. The molecule has 0 spiro atoms. The first-order chi connectivity index (χ1) is 9.65. The summed E-state index contributed by atoms with van der Waals surface area (Å²) in [6.07, 6.45) is 0. The van der Waals surface area contributed by atoms with Gasteiger partial charge in [-0.25, -0.2) is 4.39 Å². The number of hydrogen-bond acceptors (Lipinski definition) is 2. The van der Waals surface area contributed by atoms with E-state index in [1.165, 1.54) is 6.07 Å². The van der Waals surface area contributed by atoms with Gasteiger partial charge in [-0.05, 0) is 42.4 Å². The van der Waals surface area contributed by atoms with Crippen molar-refractivity contribution >= 4 is 15.9 Å². The molecule has 0 aliphatic rings. The summed E-state index contributed by atoms with van der Waals surface area (Å²) in [6, 6.07) is 10.7. The fourth-order valence-corrected chi connectivity index (χ4v) is 2.42. The van der Waals surface area contributed by atoms with Crippen LogP contribution in [0.2, 0.25) is 0 Å². The van der Waals surface area contributed by atoms with Gasteiger partial charge < -0.3 is 10.1 Å². The van der Waals surface area contributed by atoms with Gasteiger partial charge >= 0.3 is 0 Å². The maximum absolute atomic E-state index is 14.0. The number of methoxy groups -OCH3 is 1. The first-order valence-corrected chi connectivity index (χ1v) is 7.28. The van der Waals surface area contributed by atoms with Crippen molar-refractivity contribution in [2.24, 2.45) is 0 Å². The number of rotatable bonds is 5. The Balaban J connectivity index is 2.44. The van der Waals surface area contributed by atoms with Gasteiger partial charge in [-0.1, -0.05) is 28.9 Å². The second kappa shape index (κ2) is 6.86. The third kappa shape index (κ3) is 3.38. The Morgan fingerprint density at radius 3 is 2.70 bits per heavy atom. The molecule has 0 saturated heterocycles. The zero-order chi connectivity index (χ0) is 14.5. The van der Waals surface area contributed by atoms with E-state index in [-0.39, 0.29) is 5.82 Å². The number of nitrogens with one attached hydrogen (secondary N) is 1. The monoisotopic (exact) mass is 337 g/mol. The van der Waals surface area contributed by atoms with Crippen LogP contribution in [0.15, 0.2) is 40.9 Å². The van der Waals surface area contributed by atoms with Crippen LogP contribution in [0.25, 0.3) is 11.1 Å². The van der Waals surface area contributed by atoms with Crippen molar-refractivity contribution in [3.63, 3.8) is 0 Å². The van der Waals surface area contributed by atoms with E-state index in [2.05, 4.69) is 21.2 Å². The van der Waals surface area contributed by atoms with Crippen LogP contribution in [0, 0.1) is 5.82 Å². The predicted molar refractivity (Wildman–Crippen MR) is 83.5 cm³/mol. The molecule has 0 saturated carbocycles. The Labute approximate surface area is 127 Å². The lowest BCUT2D eigenvalue weighted by Crippen LogP contribution is -2.12. The molecule has 0 aliphatic carbocycles. The maximum atomic E-state index is 14.0. The molecule has 0 heterocycles. The molecule has 0 atom stereocenters. The standard InChI is InChI=1S/C16H17BrFNO/c1-3-19-10-12-8-11(4-7-16(12)20-2)14-9-13(17)5-6-15(14)18/h4-9,19H,3,10H2,1-2H3. The highest BCUT2D eigenvalue weighted by atomic mass is 79.9. The zero-order valence-corrected chi connectivity index (χ0v) is 13.1. The molecule has 0 aliphatic heterocycles. The summed E-state index contributed by atoms with van der Waals surface area (Å²) in [7, 11) is 1.64. The van der Waals surface area contributed by atoms with Crippen LogP contribution in [0.1, 0.15) is 12.5 Å². The Kier molecular flexibility index (Phi) is 5.15. The maximum Gasteiger partial charge on any atom is 0.131 e. The van der Waals surface area contributed by atoms with E-state index in [4.69, 9.17) is 4.74 Å². The minimum atomic E-state index is -0.229. The summed E-state index contributed by atoms with van der Waals surface area (Å²) in [5.41, 5.74) is 2.45. The lowest BCUT2D eigenvalue weighted by atomic mass is 10.0. The van der Waals surface area contributed by atoms with E-state index in [1.807, 2.05) is 25.1 Å². The van der Waals surface area contributed by atoms with Crippen LogP contribution in [0.5, 0.6) is 5.75 Å². The summed E-state index contributed by atoms with van der Waals surface area (Å²) in [6.45, 7) is 3.62. The van der Waals surface area contributed by atoms with Gasteiger partial charge in [0.15, 0.2) is 0 Å². The van der Waals surface area contributed by atoms with Gasteiger partial charge in [-0.15, -0.1) is 0 Å². The molecule has 0 unspecified atom stereocenters. The van der Waals surface area contributed by atoms with Crippen LogP contribution < -0.4 is 10.1 Å². The molecule has 0 radical (unpaired) electrons. The molecule has 20 heavy (non-hydrogen) atoms. The second-order valence-electron chi connectivity index (χ2n) is 4.43. The van der Waals surface area contributed by atoms with Gasteiger partial charge in [0.1, 0.15) is 11.6 Å². The number of benzene rings is 2. The van der Waals surface area contributed by atoms with E-state index < -0.39 is 0 Å². The SMILES string of the molecule is CCNCc1cc(-c2cc(Br)ccc2F)ccc1OC. The van der Waals surface area contributed by atoms with E-state index in [0.717, 1.165) is 27.9 Å². The first kappa shape index (κ1) is 15.0. The summed E-state index contributed by atoms with van der Waals surface area (Å²) in [5, 5.41) is 3.26. The Hall–Kier alpha value is -1.39. The van der Waals surface area contributed by atoms with Crippen molar-refractivity contribution < 1.29 is 9.13 Å². The van der Waals surface area contributed by atoms with E-state index in [1.54, 1.807) is 19.2 Å². The van der Waals surface area contributed by atoms with Crippen LogP contribution in [0.4, 0.5) is 4.39 Å². The summed E-state index contributed by atoms with van der Waals surface area (Å²) < 4.78 is 20.2. The Morgan fingerprint density at radius 2 is 2.00 bits per heavy atom. The highest BCUT2D eigenvalue weighted by molar-refractivity contribution is 9.10. The molecule has 0 amide bonds. The fraction of sp³-hybridized carbons (Fsp3) is 0.250. The summed E-state index contributed by atoms with van der Waals surface area (Å²) in [4.78, 5) is 0. The molecule has 0 fully saturated rings. The average Bonchev–Trinajstić information content (AvgIpc) is 2.47. The van der Waals surface area contributed by atoms with Crippen molar-refractivity contribution in [2.75, 3.05) is 13.7 Å². The van der Waals surface area contributed by atoms with Crippen molar-refractivity contribution in [1.29, 1.82) is 0 Å². The zero-order valence-electron chi connectivity index (χ0n) is 11.5. The molecule has 0 aromatic heterocycles. The second-order valence-corrected chi connectivity index (χ2v) is 5.35. The lowest BCUT2D eigenvalue weighted by molar-refractivity contribution is 0.408. The van der Waals surface area contributed by atoms with Crippen LogP contribution >= 0.6 is 15.9 Å². The van der Waals surface area contributed by atoms with Crippen LogP contribution in [-0.4, -0.2) is 13.7 Å². The third-order valence-electron chi connectivity index (χ3n) is 3.09. The van der Waals surface area contributed by atoms with Crippen molar-refractivity contribution in [1.82, 2.24) is 5.32 Å². The molecule has 106 valence electrons. The third-order valence-corrected chi connectivity index (χ3v) is 3.58. The van der Waals surface area contributed by atoms with E-state index >= 15 is 0 Å². The molecule has 2 aromatic carbocycles. The first-order valence-electron chi connectivity index (χ1n) is 6.48. The highest BCUT2D eigenvalue weighted by Gasteiger charge is 2.09. The fourth-order valence-electron chi connectivity index (χ4n) is 2.06. The number of ether oxygens (including phenoxy) is 1. The Bertz CT molecular complexity index is 601. The molecule has 4 heteroatoms. The van der Waals surface area contributed by atoms with Gasteiger partial charge in [0.05, 0.1) is 7.11 Å². The van der Waals surface area contributed by atoms with Crippen molar-refractivity contribution in [3.8, 4) is 16.9 Å². The molecule has 2 nitrogen and oxygen atoms in total. The minimum absolute atomic E-state index is 0.229. The van der Waals surface area contributed by atoms with Crippen LogP contribution in [0.3, 0.4) is 0 Å². The minimum Gasteiger partial charge on any atom is -0.496 e. The van der Waals surface area contributed by atoms with Crippen molar-refractivity contribution in [3.05, 3.63) is 52.3 Å². The average molecular weight is 338 g/mol. The largest absolute Gasteiger partial charge is 0.496 e. The van der Waals surface area contributed by atoms with Gasteiger partial charge in [0, 0.05) is 22.1 Å². The molecule has 0 bridgehead atoms. The quantitative estimate of drug-likeness (QED) is 0.874. The Morgan fingerprint density at radius 1 is 1.20 bits per heavy atom. The highest BCUT2D eigenvalue weighted by Crippen LogP contribution is 2.30. The van der Waals surface area contributed by atoms with E-state index in [9.17, 15) is 4.39 Å².